The number of carbonyl (C=O) groups is 2. The molecule has 1 atom stereocenters. The molecule has 1 heterocycles. The van der Waals surface area contributed by atoms with Gasteiger partial charge in [-0.3, -0.25) is 9.59 Å². The summed E-state index contributed by atoms with van der Waals surface area (Å²) in [5.41, 5.74) is 0.640. The van der Waals surface area contributed by atoms with Crippen molar-refractivity contribution in [1.29, 1.82) is 0 Å². The molecule has 0 bridgehead atoms. The number of hydrogen-bond donors (Lipinski definition) is 2. The number of sulfonamides is 1. The van der Waals surface area contributed by atoms with Crippen LogP contribution in [-0.4, -0.2) is 49.2 Å². The summed E-state index contributed by atoms with van der Waals surface area (Å²) in [5.74, 6) is -0.312. The molecule has 1 aliphatic heterocycles. The fourth-order valence-corrected chi connectivity index (χ4v) is 6.49. The van der Waals surface area contributed by atoms with Crippen LogP contribution in [0.3, 0.4) is 0 Å². The third-order valence-corrected chi connectivity index (χ3v) is 8.82. The van der Waals surface area contributed by atoms with Crippen molar-refractivity contribution in [2.45, 2.75) is 61.5 Å². The molecular formula is C24H28BrN3O4S. The average Bonchev–Trinajstić information content (AvgIpc) is 3.32. The minimum absolute atomic E-state index is 0.0137. The van der Waals surface area contributed by atoms with Crippen molar-refractivity contribution in [2.24, 2.45) is 0 Å². The van der Waals surface area contributed by atoms with Gasteiger partial charge in [-0.2, -0.15) is 4.31 Å². The third-order valence-electron chi connectivity index (χ3n) is 6.37. The molecule has 1 saturated carbocycles. The molecule has 2 aliphatic rings. The van der Waals surface area contributed by atoms with E-state index < -0.39 is 16.1 Å². The second-order valence-electron chi connectivity index (χ2n) is 8.62. The van der Waals surface area contributed by atoms with E-state index in [-0.39, 0.29) is 28.8 Å². The number of carbonyl (C=O) groups excluding carboxylic acids is 2. The van der Waals surface area contributed by atoms with Gasteiger partial charge in [0.1, 0.15) is 6.04 Å². The highest BCUT2D eigenvalue weighted by molar-refractivity contribution is 9.10. The van der Waals surface area contributed by atoms with E-state index in [2.05, 4.69) is 26.6 Å². The Kier molecular flexibility index (Phi) is 7.51. The molecule has 1 aliphatic carbocycles. The van der Waals surface area contributed by atoms with Gasteiger partial charge in [0.05, 0.1) is 4.90 Å². The number of nitrogens with zero attached hydrogens (tertiary/aromatic N) is 1. The summed E-state index contributed by atoms with van der Waals surface area (Å²) in [5, 5.41) is 6.13. The van der Waals surface area contributed by atoms with Crippen molar-refractivity contribution >= 4 is 37.8 Å². The van der Waals surface area contributed by atoms with Crippen LogP contribution in [0.2, 0.25) is 0 Å². The molecule has 1 saturated heterocycles. The summed E-state index contributed by atoms with van der Waals surface area (Å²) in [6.07, 6.45) is 4.22. The topological polar surface area (TPSA) is 95.6 Å². The van der Waals surface area contributed by atoms with Gasteiger partial charge >= 0.3 is 0 Å². The SMILES string of the molecule is O=C(NC1CCC(NC(=O)[C@H]2CCCN2S(=O)(=O)c2ccc(Br)cc2)CC1)c1ccccc1. The first-order valence-corrected chi connectivity index (χ1v) is 13.5. The second-order valence-corrected chi connectivity index (χ2v) is 11.4. The van der Waals surface area contributed by atoms with Crippen molar-refractivity contribution in [3.05, 3.63) is 64.6 Å². The molecule has 9 heteroatoms. The molecule has 2 aromatic carbocycles. The Balaban J connectivity index is 1.31. The van der Waals surface area contributed by atoms with Gasteiger partial charge in [-0.25, -0.2) is 8.42 Å². The van der Waals surface area contributed by atoms with Gasteiger partial charge in [-0.1, -0.05) is 34.1 Å². The number of halogens is 1. The number of hydrogen-bond acceptors (Lipinski definition) is 4. The minimum atomic E-state index is -3.73. The first-order valence-electron chi connectivity index (χ1n) is 11.3. The molecule has 0 unspecified atom stereocenters. The van der Waals surface area contributed by atoms with Gasteiger partial charge in [0.25, 0.3) is 5.91 Å². The zero-order valence-corrected chi connectivity index (χ0v) is 20.6. The summed E-state index contributed by atoms with van der Waals surface area (Å²) < 4.78 is 28.3. The Morgan fingerprint density at radius 3 is 2.09 bits per heavy atom. The van der Waals surface area contributed by atoms with Crippen LogP contribution in [0.1, 0.15) is 48.9 Å². The van der Waals surface area contributed by atoms with Crippen molar-refractivity contribution in [3.8, 4) is 0 Å². The summed E-state index contributed by atoms with van der Waals surface area (Å²) in [4.78, 5) is 25.6. The third kappa shape index (κ3) is 5.65. The monoisotopic (exact) mass is 533 g/mol. The number of rotatable bonds is 6. The molecule has 0 aromatic heterocycles. The van der Waals surface area contributed by atoms with Gasteiger partial charge in [-0.15, -0.1) is 0 Å². The Labute approximate surface area is 203 Å². The molecule has 0 spiro atoms. The maximum Gasteiger partial charge on any atom is 0.251 e. The lowest BCUT2D eigenvalue weighted by atomic mass is 9.90. The largest absolute Gasteiger partial charge is 0.352 e. The highest BCUT2D eigenvalue weighted by Gasteiger charge is 2.40. The summed E-state index contributed by atoms with van der Waals surface area (Å²) >= 11 is 3.32. The zero-order valence-electron chi connectivity index (χ0n) is 18.2. The molecule has 7 nitrogen and oxygen atoms in total. The smallest absolute Gasteiger partial charge is 0.251 e. The summed E-state index contributed by atoms with van der Waals surface area (Å²) in [7, 11) is -3.73. The van der Waals surface area contributed by atoms with E-state index in [1.165, 1.54) is 4.31 Å². The number of nitrogens with one attached hydrogen (secondary N) is 2. The second kappa shape index (κ2) is 10.4. The van der Waals surface area contributed by atoms with Crippen LogP contribution in [-0.2, 0) is 14.8 Å². The lowest BCUT2D eigenvalue weighted by Crippen LogP contribution is -2.50. The number of amides is 2. The van der Waals surface area contributed by atoms with Gasteiger partial charge in [-0.05, 0) is 74.9 Å². The van der Waals surface area contributed by atoms with Crippen LogP contribution in [0, 0.1) is 0 Å². The molecule has 2 amide bonds. The van der Waals surface area contributed by atoms with Crippen LogP contribution >= 0.6 is 15.9 Å². The van der Waals surface area contributed by atoms with E-state index in [4.69, 9.17) is 0 Å². The van der Waals surface area contributed by atoms with E-state index >= 15 is 0 Å². The van der Waals surface area contributed by atoms with Crippen molar-refractivity contribution < 1.29 is 18.0 Å². The molecule has 0 radical (unpaired) electrons. The van der Waals surface area contributed by atoms with Crippen LogP contribution in [0.5, 0.6) is 0 Å². The fraction of sp³-hybridized carbons (Fsp3) is 0.417. The predicted octanol–water partition coefficient (Wildman–Crippen LogP) is 3.46. The van der Waals surface area contributed by atoms with Crippen molar-refractivity contribution in [1.82, 2.24) is 14.9 Å². The lowest BCUT2D eigenvalue weighted by molar-refractivity contribution is -0.125. The van der Waals surface area contributed by atoms with Crippen LogP contribution in [0.4, 0.5) is 0 Å². The maximum absolute atomic E-state index is 13.1. The van der Waals surface area contributed by atoms with E-state index in [1.807, 2.05) is 18.2 Å². The molecule has 33 heavy (non-hydrogen) atoms. The zero-order chi connectivity index (χ0) is 23.4. The maximum atomic E-state index is 13.1. The van der Waals surface area contributed by atoms with Crippen LogP contribution in [0.15, 0.2) is 64.0 Å². The first-order chi connectivity index (χ1) is 15.8. The highest BCUT2D eigenvalue weighted by Crippen LogP contribution is 2.28. The molecular weight excluding hydrogens is 506 g/mol. The van der Waals surface area contributed by atoms with E-state index in [0.29, 0.717) is 24.9 Å². The molecule has 176 valence electrons. The van der Waals surface area contributed by atoms with E-state index in [1.54, 1.807) is 36.4 Å². The van der Waals surface area contributed by atoms with Gasteiger partial charge < -0.3 is 10.6 Å². The molecule has 2 aromatic rings. The fourth-order valence-electron chi connectivity index (χ4n) is 4.57. The van der Waals surface area contributed by atoms with Crippen LogP contribution < -0.4 is 10.6 Å². The first kappa shape index (κ1) is 23.9. The Morgan fingerprint density at radius 1 is 0.848 bits per heavy atom. The Morgan fingerprint density at radius 2 is 1.45 bits per heavy atom. The quantitative estimate of drug-likeness (QED) is 0.594. The molecule has 4 rings (SSSR count). The predicted molar refractivity (Wildman–Crippen MR) is 129 cm³/mol. The highest BCUT2D eigenvalue weighted by atomic mass is 79.9. The minimum Gasteiger partial charge on any atom is -0.352 e. The van der Waals surface area contributed by atoms with Gasteiger partial charge in [0.15, 0.2) is 0 Å². The normalized spacial score (nSPS) is 23.7. The average molecular weight is 534 g/mol. The van der Waals surface area contributed by atoms with E-state index in [9.17, 15) is 18.0 Å². The molecule has 2 N–H and O–H groups in total. The summed E-state index contributed by atoms with van der Waals surface area (Å²) in [6, 6.07) is 15.0. The van der Waals surface area contributed by atoms with Gasteiger partial charge in [0, 0.05) is 28.7 Å². The number of benzene rings is 2. The molecule has 2 fully saturated rings. The van der Waals surface area contributed by atoms with Crippen molar-refractivity contribution in [3.63, 3.8) is 0 Å². The Bertz CT molecular complexity index is 1080. The standard InChI is InChI=1S/C24H28BrN3O4S/c25-18-8-14-21(15-9-18)33(31,32)28-16-4-7-22(28)24(30)27-20-12-10-19(11-13-20)26-23(29)17-5-2-1-3-6-17/h1-3,5-6,8-9,14-15,19-20,22H,4,7,10-13,16H2,(H,26,29)(H,27,30)/t19?,20?,22-/m1/s1. The Hall–Kier alpha value is -2.23. The van der Waals surface area contributed by atoms with E-state index in [0.717, 1.165) is 30.2 Å². The van der Waals surface area contributed by atoms with Gasteiger partial charge in [0.2, 0.25) is 15.9 Å². The lowest BCUT2D eigenvalue weighted by Gasteiger charge is -2.31. The van der Waals surface area contributed by atoms with Crippen molar-refractivity contribution in [2.75, 3.05) is 6.54 Å². The summed E-state index contributed by atoms with van der Waals surface area (Å²) in [6.45, 7) is 0.342. The van der Waals surface area contributed by atoms with Crippen LogP contribution in [0.25, 0.3) is 0 Å².